The number of aryl methyl sites for hydroxylation is 1. The Kier molecular flexibility index (Phi) is 4.02. The number of anilines is 1. The lowest BCUT2D eigenvalue weighted by atomic mass is 10.1. The average Bonchev–Trinajstić information content (AvgIpc) is 2.65. The highest BCUT2D eigenvalue weighted by atomic mass is 32.2. The minimum atomic E-state index is -3.90. The summed E-state index contributed by atoms with van der Waals surface area (Å²) in [5.41, 5.74) is 7.02. The monoisotopic (exact) mass is 311 g/mol. The van der Waals surface area contributed by atoms with Crippen LogP contribution >= 0.6 is 0 Å². The maximum absolute atomic E-state index is 12.3. The molecular weight excluding hydrogens is 294 g/mol. The number of benzene rings is 1. The Morgan fingerprint density at radius 1 is 1.38 bits per heavy atom. The molecule has 114 valence electrons. The maximum Gasteiger partial charge on any atom is 0.247 e. The summed E-state index contributed by atoms with van der Waals surface area (Å²) < 4.78 is 26.8. The van der Waals surface area contributed by atoms with Gasteiger partial charge >= 0.3 is 0 Å². The molecular formula is C13H17N3O4S. The van der Waals surface area contributed by atoms with Gasteiger partial charge in [0.25, 0.3) is 0 Å². The quantitative estimate of drug-likeness (QED) is 0.594. The molecule has 0 radical (unpaired) electrons. The van der Waals surface area contributed by atoms with Crippen LogP contribution in [0.2, 0.25) is 0 Å². The van der Waals surface area contributed by atoms with E-state index in [4.69, 9.17) is 5.73 Å². The van der Waals surface area contributed by atoms with Crippen LogP contribution in [0.15, 0.2) is 23.1 Å². The Labute approximate surface area is 123 Å². The molecule has 3 N–H and O–H groups in total. The zero-order valence-corrected chi connectivity index (χ0v) is 12.6. The van der Waals surface area contributed by atoms with Crippen molar-refractivity contribution in [3.05, 3.63) is 23.8 Å². The van der Waals surface area contributed by atoms with Crippen LogP contribution in [0.4, 0.5) is 5.69 Å². The normalized spacial score (nSPS) is 19.3. The van der Waals surface area contributed by atoms with E-state index in [1.165, 1.54) is 19.2 Å². The molecule has 0 aromatic heterocycles. The molecule has 1 atom stereocenters. The number of nitrogens with two attached hydrogens (primary N) is 1. The number of nitrogens with one attached hydrogen (secondary N) is 1. The summed E-state index contributed by atoms with van der Waals surface area (Å²) in [5.74, 6) is -0.963. The Morgan fingerprint density at radius 3 is 2.52 bits per heavy atom. The van der Waals surface area contributed by atoms with Crippen LogP contribution < -0.4 is 10.5 Å². The molecule has 1 unspecified atom stereocenters. The lowest BCUT2D eigenvalue weighted by Crippen LogP contribution is -2.40. The van der Waals surface area contributed by atoms with Crippen molar-refractivity contribution in [2.45, 2.75) is 30.7 Å². The number of imide groups is 1. The first-order valence-electron chi connectivity index (χ1n) is 6.47. The molecule has 0 bridgehead atoms. The van der Waals surface area contributed by atoms with Crippen LogP contribution in [0.25, 0.3) is 0 Å². The van der Waals surface area contributed by atoms with Gasteiger partial charge in [-0.3, -0.25) is 14.5 Å². The number of hydrogen-bond acceptors (Lipinski definition) is 5. The molecule has 1 aliphatic rings. The highest BCUT2D eigenvalue weighted by molar-refractivity contribution is 7.89. The molecule has 0 saturated carbocycles. The summed E-state index contributed by atoms with van der Waals surface area (Å²) in [6.07, 6.45) is 0.525. The van der Waals surface area contributed by atoms with Crippen LogP contribution in [0.1, 0.15) is 18.9 Å². The van der Waals surface area contributed by atoms with Gasteiger partial charge in [0.05, 0.1) is 11.3 Å². The first-order chi connectivity index (χ1) is 9.76. The molecule has 21 heavy (non-hydrogen) atoms. The minimum absolute atomic E-state index is 0.0213. The second-order valence-corrected chi connectivity index (χ2v) is 6.60. The molecule has 1 aromatic rings. The van der Waals surface area contributed by atoms with Crippen molar-refractivity contribution in [2.75, 3.05) is 12.8 Å². The Balaban J connectivity index is 2.25. The van der Waals surface area contributed by atoms with Crippen LogP contribution in [0.3, 0.4) is 0 Å². The number of nitrogen functional groups attached to an aromatic ring is 1. The highest BCUT2D eigenvalue weighted by Crippen LogP contribution is 2.20. The Morgan fingerprint density at radius 2 is 2.05 bits per heavy atom. The number of amides is 2. The number of nitrogens with zero attached hydrogens (tertiary/aromatic N) is 1. The summed E-state index contributed by atoms with van der Waals surface area (Å²) in [6.45, 7) is 1.91. The number of carbonyl (C=O) groups excluding carboxylic acids is 2. The molecule has 1 aromatic carbocycles. The van der Waals surface area contributed by atoms with E-state index in [1.807, 2.05) is 6.92 Å². The van der Waals surface area contributed by atoms with E-state index in [0.717, 1.165) is 10.5 Å². The first kappa shape index (κ1) is 15.5. The van der Waals surface area contributed by atoms with E-state index in [0.29, 0.717) is 12.1 Å². The zero-order valence-electron chi connectivity index (χ0n) is 11.8. The highest BCUT2D eigenvalue weighted by Gasteiger charge is 2.38. The number of sulfonamides is 1. The topological polar surface area (TPSA) is 110 Å². The van der Waals surface area contributed by atoms with Crippen molar-refractivity contribution in [3.63, 3.8) is 0 Å². The lowest BCUT2D eigenvalue weighted by molar-refractivity contribution is -0.137. The van der Waals surface area contributed by atoms with E-state index >= 15 is 0 Å². The van der Waals surface area contributed by atoms with Crippen molar-refractivity contribution in [1.29, 1.82) is 0 Å². The largest absolute Gasteiger partial charge is 0.398 e. The van der Waals surface area contributed by atoms with E-state index < -0.39 is 27.9 Å². The van der Waals surface area contributed by atoms with Crippen molar-refractivity contribution < 1.29 is 18.0 Å². The molecule has 7 nitrogen and oxygen atoms in total. The summed E-state index contributed by atoms with van der Waals surface area (Å²) in [6, 6.07) is 3.37. The third-order valence-electron chi connectivity index (χ3n) is 3.49. The maximum atomic E-state index is 12.3. The van der Waals surface area contributed by atoms with Crippen LogP contribution in [0.5, 0.6) is 0 Å². The van der Waals surface area contributed by atoms with Crippen molar-refractivity contribution >= 4 is 27.5 Å². The minimum Gasteiger partial charge on any atom is -0.398 e. The van der Waals surface area contributed by atoms with Crippen LogP contribution in [0, 0.1) is 0 Å². The predicted octanol–water partition coefficient (Wildman–Crippen LogP) is -0.133. The number of hydrogen-bond donors (Lipinski definition) is 2. The van der Waals surface area contributed by atoms with Gasteiger partial charge in [0.2, 0.25) is 21.8 Å². The van der Waals surface area contributed by atoms with E-state index in [2.05, 4.69) is 4.72 Å². The van der Waals surface area contributed by atoms with Gasteiger partial charge in [-0.05, 0) is 24.1 Å². The Bertz CT molecular complexity index is 699. The van der Waals surface area contributed by atoms with Gasteiger partial charge in [-0.2, -0.15) is 4.72 Å². The summed E-state index contributed by atoms with van der Waals surface area (Å²) in [7, 11) is -2.57. The number of likely N-dealkylation sites (N-methyl/N-ethyl adjacent to an activating group) is 1. The van der Waals surface area contributed by atoms with Crippen molar-refractivity contribution in [3.8, 4) is 0 Å². The molecule has 1 heterocycles. The second kappa shape index (κ2) is 5.45. The van der Waals surface area contributed by atoms with E-state index in [9.17, 15) is 18.0 Å². The van der Waals surface area contributed by atoms with Gasteiger partial charge in [0.1, 0.15) is 6.04 Å². The summed E-state index contributed by atoms with van der Waals surface area (Å²) >= 11 is 0. The van der Waals surface area contributed by atoms with E-state index in [1.54, 1.807) is 6.07 Å². The lowest BCUT2D eigenvalue weighted by Gasteiger charge is -2.13. The molecule has 1 aliphatic heterocycles. The van der Waals surface area contributed by atoms with Crippen LogP contribution in [-0.4, -0.2) is 38.2 Å². The summed E-state index contributed by atoms with van der Waals surface area (Å²) in [5, 5.41) is 0. The average molecular weight is 311 g/mol. The zero-order chi connectivity index (χ0) is 15.8. The first-order valence-corrected chi connectivity index (χ1v) is 7.95. The van der Waals surface area contributed by atoms with Gasteiger partial charge < -0.3 is 5.73 Å². The fourth-order valence-electron chi connectivity index (χ4n) is 2.17. The molecule has 1 fully saturated rings. The van der Waals surface area contributed by atoms with Crippen molar-refractivity contribution in [2.24, 2.45) is 0 Å². The molecule has 2 rings (SSSR count). The molecule has 2 amide bonds. The van der Waals surface area contributed by atoms with Gasteiger partial charge in [-0.25, -0.2) is 8.42 Å². The van der Waals surface area contributed by atoms with Gasteiger partial charge in [-0.15, -0.1) is 0 Å². The third-order valence-corrected chi connectivity index (χ3v) is 4.96. The summed E-state index contributed by atoms with van der Waals surface area (Å²) in [4.78, 5) is 24.0. The molecule has 0 spiro atoms. The standard InChI is InChI=1S/C13H17N3O4S/c1-3-8-4-5-9(6-10(8)14)21(19,20)15-11-7-12(17)16(2)13(11)18/h4-6,11,15H,3,7,14H2,1-2H3. The van der Waals surface area contributed by atoms with Crippen LogP contribution in [-0.2, 0) is 26.0 Å². The predicted molar refractivity (Wildman–Crippen MR) is 76.7 cm³/mol. The SMILES string of the molecule is CCc1ccc(S(=O)(=O)NC2CC(=O)N(C)C2=O)cc1N. The number of carbonyl (C=O) groups is 2. The molecule has 0 aliphatic carbocycles. The van der Waals surface area contributed by atoms with Gasteiger partial charge in [-0.1, -0.05) is 13.0 Å². The third kappa shape index (κ3) is 2.91. The number of rotatable bonds is 4. The fraction of sp³-hybridized carbons (Fsp3) is 0.385. The van der Waals surface area contributed by atoms with Gasteiger partial charge in [0.15, 0.2) is 0 Å². The Hall–Kier alpha value is -1.93. The number of likely N-dealkylation sites (tertiary alicyclic amines) is 1. The van der Waals surface area contributed by atoms with Gasteiger partial charge in [0, 0.05) is 12.7 Å². The molecule has 1 saturated heterocycles. The smallest absolute Gasteiger partial charge is 0.247 e. The second-order valence-electron chi connectivity index (χ2n) is 4.88. The fourth-order valence-corrected chi connectivity index (χ4v) is 3.39. The molecule has 8 heteroatoms. The van der Waals surface area contributed by atoms with Crippen molar-refractivity contribution in [1.82, 2.24) is 9.62 Å². The van der Waals surface area contributed by atoms with E-state index in [-0.39, 0.29) is 11.3 Å².